The third-order valence-electron chi connectivity index (χ3n) is 3.05. The van der Waals surface area contributed by atoms with Gasteiger partial charge in [0.25, 0.3) is 0 Å². The van der Waals surface area contributed by atoms with E-state index in [0.717, 1.165) is 27.1 Å². The standard InChI is InChI=1S/C16H18BrNO/c1-10-4-5-11(2)16(8-10)19-15-7-6-13(12(3)18)9-14(15)17/h4-9,12H,18H2,1-3H3/t12-/m0/s1. The van der Waals surface area contributed by atoms with Crippen LogP contribution < -0.4 is 10.5 Å². The summed E-state index contributed by atoms with van der Waals surface area (Å²) in [5.41, 5.74) is 9.25. The van der Waals surface area contributed by atoms with Crippen molar-refractivity contribution in [1.29, 1.82) is 0 Å². The number of rotatable bonds is 3. The molecule has 0 aliphatic heterocycles. The van der Waals surface area contributed by atoms with Gasteiger partial charge in [0.15, 0.2) is 0 Å². The van der Waals surface area contributed by atoms with Crippen molar-refractivity contribution in [2.24, 2.45) is 5.73 Å². The highest BCUT2D eigenvalue weighted by atomic mass is 79.9. The lowest BCUT2D eigenvalue weighted by molar-refractivity contribution is 0.475. The molecule has 0 heterocycles. The van der Waals surface area contributed by atoms with Crippen LogP contribution in [0.4, 0.5) is 0 Å². The summed E-state index contributed by atoms with van der Waals surface area (Å²) >= 11 is 3.54. The molecule has 0 bridgehead atoms. The number of nitrogens with two attached hydrogens (primary N) is 1. The number of hydrogen-bond acceptors (Lipinski definition) is 2. The summed E-state index contributed by atoms with van der Waals surface area (Å²) in [5, 5.41) is 0. The van der Waals surface area contributed by atoms with Gasteiger partial charge in [-0.15, -0.1) is 0 Å². The summed E-state index contributed by atoms with van der Waals surface area (Å²) in [6, 6.07) is 12.2. The Morgan fingerprint density at radius 3 is 2.42 bits per heavy atom. The minimum atomic E-state index is 0.0195. The summed E-state index contributed by atoms with van der Waals surface area (Å²) in [7, 11) is 0. The van der Waals surface area contributed by atoms with Crippen LogP contribution in [-0.4, -0.2) is 0 Å². The highest BCUT2D eigenvalue weighted by Gasteiger charge is 2.08. The Morgan fingerprint density at radius 2 is 1.79 bits per heavy atom. The topological polar surface area (TPSA) is 35.2 Å². The van der Waals surface area contributed by atoms with Gasteiger partial charge < -0.3 is 10.5 Å². The number of halogens is 1. The van der Waals surface area contributed by atoms with Gasteiger partial charge in [-0.05, 0) is 71.6 Å². The Kier molecular flexibility index (Phi) is 4.27. The second-order valence-electron chi connectivity index (χ2n) is 4.85. The van der Waals surface area contributed by atoms with Gasteiger partial charge in [-0.3, -0.25) is 0 Å². The monoisotopic (exact) mass is 319 g/mol. The van der Waals surface area contributed by atoms with E-state index in [-0.39, 0.29) is 6.04 Å². The van der Waals surface area contributed by atoms with E-state index in [9.17, 15) is 0 Å². The predicted molar refractivity (Wildman–Crippen MR) is 82.7 cm³/mol. The zero-order valence-electron chi connectivity index (χ0n) is 11.4. The molecule has 0 saturated carbocycles. The second kappa shape index (κ2) is 5.76. The molecule has 1 atom stereocenters. The summed E-state index contributed by atoms with van der Waals surface area (Å²) < 4.78 is 6.89. The zero-order chi connectivity index (χ0) is 14.0. The second-order valence-corrected chi connectivity index (χ2v) is 5.70. The highest BCUT2D eigenvalue weighted by Crippen LogP contribution is 2.33. The molecule has 2 rings (SSSR count). The third kappa shape index (κ3) is 3.37. The van der Waals surface area contributed by atoms with Gasteiger partial charge in [-0.1, -0.05) is 18.2 Å². The summed E-state index contributed by atoms with van der Waals surface area (Å²) in [6.07, 6.45) is 0. The lowest BCUT2D eigenvalue weighted by Gasteiger charge is -2.13. The molecule has 0 amide bonds. The highest BCUT2D eigenvalue weighted by molar-refractivity contribution is 9.10. The van der Waals surface area contributed by atoms with Crippen LogP contribution in [0.2, 0.25) is 0 Å². The van der Waals surface area contributed by atoms with Crippen LogP contribution in [0.15, 0.2) is 40.9 Å². The largest absolute Gasteiger partial charge is 0.456 e. The minimum Gasteiger partial charge on any atom is -0.456 e. The lowest BCUT2D eigenvalue weighted by atomic mass is 10.1. The minimum absolute atomic E-state index is 0.0195. The molecule has 19 heavy (non-hydrogen) atoms. The van der Waals surface area contributed by atoms with Crippen molar-refractivity contribution >= 4 is 15.9 Å². The van der Waals surface area contributed by atoms with Gasteiger partial charge in [0.1, 0.15) is 11.5 Å². The molecule has 3 heteroatoms. The van der Waals surface area contributed by atoms with Crippen molar-refractivity contribution in [3.8, 4) is 11.5 Å². The molecule has 0 unspecified atom stereocenters. The lowest BCUT2D eigenvalue weighted by Crippen LogP contribution is -2.04. The van der Waals surface area contributed by atoms with Gasteiger partial charge in [-0.2, -0.15) is 0 Å². The molecule has 2 N–H and O–H groups in total. The first kappa shape index (κ1) is 14.1. The molecular weight excluding hydrogens is 302 g/mol. The smallest absolute Gasteiger partial charge is 0.141 e. The third-order valence-corrected chi connectivity index (χ3v) is 3.66. The van der Waals surface area contributed by atoms with Crippen LogP contribution in [0.5, 0.6) is 11.5 Å². The van der Waals surface area contributed by atoms with E-state index in [1.165, 1.54) is 5.56 Å². The maximum atomic E-state index is 5.97. The normalized spacial score (nSPS) is 12.3. The SMILES string of the molecule is Cc1ccc(C)c(Oc2ccc([C@H](C)N)cc2Br)c1. The van der Waals surface area contributed by atoms with Crippen molar-refractivity contribution in [3.63, 3.8) is 0 Å². The maximum Gasteiger partial charge on any atom is 0.141 e. The van der Waals surface area contributed by atoms with Crippen LogP contribution in [0.1, 0.15) is 29.7 Å². The van der Waals surface area contributed by atoms with Crippen molar-refractivity contribution < 1.29 is 4.74 Å². The van der Waals surface area contributed by atoms with E-state index in [1.807, 2.05) is 38.1 Å². The first-order valence-corrected chi connectivity index (χ1v) is 7.07. The van der Waals surface area contributed by atoms with Crippen LogP contribution in [0.3, 0.4) is 0 Å². The summed E-state index contributed by atoms with van der Waals surface area (Å²) in [4.78, 5) is 0. The molecule has 100 valence electrons. The summed E-state index contributed by atoms with van der Waals surface area (Å²) in [6.45, 7) is 6.06. The molecule has 0 radical (unpaired) electrons. The van der Waals surface area contributed by atoms with E-state index in [2.05, 4.69) is 35.0 Å². The van der Waals surface area contributed by atoms with Gasteiger partial charge in [0.05, 0.1) is 4.47 Å². The van der Waals surface area contributed by atoms with Crippen molar-refractivity contribution in [2.45, 2.75) is 26.8 Å². The maximum absolute atomic E-state index is 5.97. The molecule has 0 spiro atoms. The van der Waals surface area contributed by atoms with Crippen LogP contribution >= 0.6 is 15.9 Å². The molecule has 0 aromatic heterocycles. The van der Waals surface area contributed by atoms with Gasteiger partial charge in [0, 0.05) is 6.04 Å². The molecule has 2 aromatic carbocycles. The van der Waals surface area contributed by atoms with Crippen LogP contribution in [0, 0.1) is 13.8 Å². The Hall–Kier alpha value is -1.32. The van der Waals surface area contributed by atoms with E-state index in [1.54, 1.807) is 0 Å². The number of benzene rings is 2. The van der Waals surface area contributed by atoms with E-state index < -0.39 is 0 Å². The fraction of sp³-hybridized carbons (Fsp3) is 0.250. The number of ether oxygens (including phenoxy) is 1. The van der Waals surface area contributed by atoms with E-state index in [0.29, 0.717) is 0 Å². The fourth-order valence-corrected chi connectivity index (χ4v) is 2.30. The van der Waals surface area contributed by atoms with Gasteiger partial charge >= 0.3 is 0 Å². The average molecular weight is 320 g/mol. The van der Waals surface area contributed by atoms with Gasteiger partial charge in [-0.25, -0.2) is 0 Å². The van der Waals surface area contributed by atoms with E-state index in [4.69, 9.17) is 10.5 Å². The Balaban J connectivity index is 2.31. The number of hydrogen-bond donors (Lipinski definition) is 1. The van der Waals surface area contributed by atoms with Crippen molar-refractivity contribution in [2.75, 3.05) is 0 Å². The molecule has 0 fully saturated rings. The molecule has 0 aliphatic rings. The average Bonchev–Trinajstić information content (AvgIpc) is 2.36. The van der Waals surface area contributed by atoms with Crippen molar-refractivity contribution in [3.05, 3.63) is 57.6 Å². The first-order valence-electron chi connectivity index (χ1n) is 6.27. The van der Waals surface area contributed by atoms with E-state index >= 15 is 0 Å². The molecule has 0 aliphatic carbocycles. The number of aryl methyl sites for hydroxylation is 2. The summed E-state index contributed by atoms with van der Waals surface area (Å²) in [5.74, 6) is 1.69. The molecule has 2 nitrogen and oxygen atoms in total. The Labute approximate surface area is 122 Å². The fourth-order valence-electron chi connectivity index (χ4n) is 1.82. The van der Waals surface area contributed by atoms with Crippen LogP contribution in [-0.2, 0) is 0 Å². The molecular formula is C16H18BrNO. The Bertz CT molecular complexity index is 593. The molecule has 0 saturated heterocycles. The predicted octanol–water partition coefficient (Wildman–Crippen LogP) is 4.88. The first-order chi connectivity index (χ1) is 8.97. The quantitative estimate of drug-likeness (QED) is 0.875. The van der Waals surface area contributed by atoms with Crippen LogP contribution in [0.25, 0.3) is 0 Å². The Morgan fingerprint density at radius 1 is 1.05 bits per heavy atom. The molecule has 2 aromatic rings. The van der Waals surface area contributed by atoms with Gasteiger partial charge in [0.2, 0.25) is 0 Å². The van der Waals surface area contributed by atoms with Crippen molar-refractivity contribution in [1.82, 2.24) is 0 Å². The zero-order valence-corrected chi connectivity index (χ0v) is 13.0.